The van der Waals surface area contributed by atoms with Crippen molar-refractivity contribution in [1.82, 2.24) is 0 Å². The van der Waals surface area contributed by atoms with Crippen LogP contribution < -0.4 is 0 Å². The lowest BCUT2D eigenvalue weighted by Crippen LogP contribution is -2.33. The second-order valence-corrected chi connectivity index (χ2v) is 3.41. The van der Waals surface area contributed by atoms with Gasteiger partial charge in [0, 0.05) is 10.0 Å². The Morgan fingerprint density at radius 2 is 1.43 bits per heavy atom. The Labute approximate surface area is 84.9 Å². The van der Waals surface area contributed by atoms with Gasteiger partial charge in [0.1, 0.15) is 0 Å². The summed E-state index contributed by atoms with van der Waals surface area (Å²) in [6.07, 6.45) is -5.57. The van der Waals surface area contributed by atoms with E-state index in [2.05, 4.69) is 15.9 Å². The van der Waals surface area contributed by atoms with E-state index < -0.39 is 17.7 Å². The van der Waals surface area contributed by atoms with Crippen LogP contribution in [-0.2, 0) is 5.92 Å². The molecule has 0 radical (unpaired) electrons. The van der Waals surface area contributed by atoms with Gasteiger partial charge in [-0.1, -0.05) is 34.1 Å². The third-order valence-corrected chi connectivity index (χ3v) is 2.26. The fraction of sp³-hybridized carbons (Fsp3) is 0.250. The van der Waals surface area contributed by atoms with E-state index >= 15 is 0 Å². The van der Waals surface area contributed by atoms with Crippen molar-refractivity contribution in [1.29, 1.82) is 0 Å². The highest BCUT2D eigenvalue weighted by Crippen LogP contribution is 2.45. The van der Waals surface area contributed by atoms with Crippen molar-refractivity contribution in [3.8, 4) is 0 Å². The van der Waals surface area contributed by atoms with Gasteiger partial charge in [-0.15, -0.1) is 0 Å². The van der Waals surface area contributed by atoms with Crippen LogP contribution in [0.5, 0.6) is 0 Å². The largest absolute Gasteiger partial charge is 0.458 e. The van der Waals surface area contributed by atoms with Crippen molar-refractivity contribution in [3.63, 3.8) is 0 Å². The van der Waals surface area contributed by atoms with Crippen LogP contribution in [0.15, 0.2) is 28.7 Å². The molecule has 0 nitrogen and oxygen atoms in total. The Balaban J connectivity index is 3.23. The van der Waals surface area contributed by atoms with Crippen LogP contribution in [0.25, 0.3) is 0 Å². The average Bonchev–Trinajstić information content (AvgIpc) is 2.02. The van der Waals surface area contributed by atoms with Gasteiger partial charge in [-0.05, 0) is 6.07 Å². The molecule has 0 saturated carbocycles. The van der Waals surface area contributed by atoms with Gasteiger partial charge in [-0.25, -0.2) is 0 Å². The molecule has 78 valence electrons. The minimum absolute atomic E-state index is 0.262. The molecule has 0 aliphatic carbocycles. The van der Waals surface area contributed by atoms with Crippen molar-refractivity contribution in [3.05, 3.63) is 34.3 Å². The number of alkyl halides is 5. The molecule has 0 bridgehead atoms. The number of halogens is 6. The van der Waals surface area contributed by atoms with E-state index in [0.29, 0.717) is 0 Å². The van der Waals surface area contributed by atoms with Crippen molar-refractivity contribution >= 4 is 15.9 Å². The zero-order valence-electron chi connectivity index (χ0n) is 6.58. The molecule has 0 aromatic heterocycles. The zero-order valence-corrected chi connectivity index (χ0v) is 8.16. The fourth-order valence-electron chi connectivity index (χ4n) is 0.869. The minimum Gasteiger partial charge on any atom is -0.191 e. The normalized spacial score (nSPS) is 13.0. The lowest BCUT2D eigenvalue weighted by molar-refractivity contribution is -0.289. The highest BCUT2D eigenvalue weighted by molar-refractivity contribution is 9.10. The molecule has 0 aliphatic rings. The van der Waals surface area contributed by atoms with Crippen LogP contribution >= 0.6 is 15.9 Å². The molecule has 0 fully saturated rings. The Kier molecular flexibility index (Phi) is 2.85. The van der Waals surface area contributed by atoms with Crippen LogP contribution in [0, 0.1) is 0 Å². The first-order valence-electron chi connectivity index (χ1n) is 3.46. The SMILES string of the molecule is FC(F)(F)C(F)(F)c1ccccc1Br. The molecule has 1 aromatic rings. The van der Waals surface area contributed by atoms with Crippen LogP contribution in [0.4, 0.5) is 22.0 Å². The number of rotatable bonds is 1. The Morgan fingerprint density at radius 1 is 0.929 bits per heavy atom. The van der Waals surface area contributed by atoms with E-state index in [-0.39, 0.29) is 4.47 Å². The second kappa shape index (κ2) is 3.49. The van der Waals surface area contributed by atoms with Crippen molar-refractivity contribution < 1.29 is 22.0 Å². The molecular weight excluding hydrogens is 271 g/mol. The van der Waals surface area contributed by atoms with Crippen LogP contribution in [0.2, 0.25) is 0 Å². The molecule has 0 aliphatic heterocycles. The molecule has 0 saturated heterocycles. The molecule has 1 rings (SSSR count). The summed E-state index contributed by atoms with van der Waals surface area (Å²) in [5, 5.41) is 0. The standard InChI is InChI=1S/C8H4BrF5/c9-6-4-2-1-3-5(6)7(10,11)8(12,13)14/h1-4H. The second-order valence-electron chi connectivity index (χ2n) is 2.55. The van der Waals surface area contributed by atoms with Gasteiger partial charge in [0.2, 0.25) is 0 Å². The van der Waals surface area contributed by atoms with E-state index in [1.165, 1.54) is 6.07 Å². The summed E-state index contributed by atoms with van der Waals surface area (Å²) in [5.74, 6) is -4.83. The molecule has 1 aromatic carbocycles. The lowest BCUT2D eigenvalue weighted by atomic mass is 10.1. The molecule has 0 amide bonds. The monoisotopic (exact) mass is 274 g/mol. The Morgan fingerprint density at radius 3 is 1.86 bits per heavy atom. The van der Waals surface area contributed by atoms with E-state index in [1.54, 1.807) is 0 Å². The van der Waals surface area contributed by atoms with Crippen molar-refractivity contribution in [2.45, 2.75) is 12.1 Å². The first kappa shape index (κ1) is 11.4. The van der Waals surface area contributed by atoms with Gasteiger partial charge >= 0.3 is 12.1 Å². The zero-order chi connectivity index (χ0) is 11.0. The molecule has 0 heterocycles. The highest BCUT2D eigenvalue weighted by atomic mass is 79.9. The predicted octanol–water partition coefficient (Wildman–Crippen LogP) is 4.10. The maximum Gasteiger partial charge on any atom is 0.458 e. The summed E-state index contributed by atoms with van der Waals surface area (Å²) in [7, 11) is 0. The maximum absolute atomic E-state index is 12.8. The van der Waals surface area contributed by atoms with E-state index in [4.69, 9.17) is 0 Å². The predicted molar refractivity (Wildman–Crippen MR) is 44.1 cm³/mol. The van der Waals surface area contributed by atoms with Gasteiger partial charge in [-0.3, -0.25) is 0 Å². The molecule has 14 heavy (non-hydrogen) atoms. The van der Waals surface area contributed by atoms with Crippen molar-refractivity contribution in [2.75, 3.05) is 0 Å². The molecule has 0 spiro atoms. The average molecular weight is 275 g/mol. The molecule has 0 atom stereocenters. The van der Waals surface area contributed by atoms with Gasteiger partial charge in [0.25, 0.3) is 0 Å². The quantitative estimate of drug-likeness (QED) is 0.677. The van der Waals surface area contributed by atoms with Crippen LogP contribution in [0.1, 0.15) is 5.56 Å². The van der Waals surface area contributed by atoms with E-state index in [9.17, 15) is 22.0 Å². The summed E-state index contributed by atoms with van der Waals surface area (Å²) in [4.78, 5) is 0. The third kappa shape index (κ3) is 1.89. The first-order chi connectivity index (χ1) is 6.27. The smallest absolute Gasteiger partial charge is 0.191 e. The lowest BCUT2D eigenvalue weighted by Gasteiger charge is -2.20. The molecule has 6 heteroatoms. The first-order valence-corrected chi connectivity index (χ1v) is 4.25. The summed E-state index contributed by atoms with van der Waals surface area (Å²) >= 11 is 2.64. The highest BCUT2D eigenvalue weighted by Gasteiger charge is 2.59. The molecular formula is C8H4BrF5. The Bertz CT molecular complexity index is 331. The number of hydrogen-bond acceptors (Lipinski definition) is 0. The van der Waals surface area contributed by atoms with Crippen LogP contribution in [-0.4, -0.2) is 6.18 Å². The molecule has 0 unspecified atom stereocenters. The molecule has 0 N–H and O–H groups in total. The van der Waals surface area contributed by atoms with Gasteiger partial charge in [0.15, 0.2) is 0 Å². The topological polar surface area (TPSA) is 0 Å². The fourth-order valence-corrected chi connectivity index (χ4v) is 1.40. The van der Waals surface area contributed by atoms with Crippen LogP contribution in [0.3, 0.4) is 0 Å². The number of benzene rings is 1. The summed E-state index contributed by atoms with van der Waals surface area (Å²) in [6, 6.07) is 4.35. The Hall–Kier alpha value is -0.650. The van der Waals surface area contributed by atoms with Gasteiger partial charge in [-0.2, -0.15) is 22.0 Å². The summed E-state index contributed by atoms with van der Waals surface area (Å²) < 4.78 is 61.1. The van der Waals surface area contributed by atoms with Gasteiger partial charge in [0.05, 0.1) is 0 Å². The minimum atomic E-state index is -5.57. The summed E-state index contributed by atoms with van der Waals surface area (Å²) in [6.45, 7) is 0. The van der Waals surface area contributed by atoms with Gasteiger partial charge < -0.3 is 0 Å². The van der Waals surface area contributed by atoms with Crippen molar-refractivity contribution in [2.24, 2.45) is 0 Å². The maximum atomic E-state index is 12.8. The van der Waals surface area contributed by atoms with E-state index in [1.807, 2.05) is 0 Å². The number of hydrogen-bond donors (Lipinski definition) is 0. The third-order valence-electron chi connectivity index (χ3n) is 1.57. The van der Waals surface area contributed by atoms with E-state index in [0.717, 1.165) is 18.2 Å². The summed E-state index contributed by atoms with van der Waals surface area (Å²) in [5.41, 5.74) is -1.08.